The summed E-state index contributed by atoms with van der Waals surface area (Å²) in [4.78, 5) is 1.93. The van der Waals surface area contributed by atoms with Crippen molar-refractivity contribution in [1.29, 1.82) is 0 Å². The van der Waals surface area contributed by atoms with Crippen LogP contribution in [0.5, 0.6) is 0 Å². The Morgan fingerprint density at radius 3 is 2.00 bits per heavy atom. The first kappa shape index (κ1) is 5.92. The SMILES string of the molecule is CN([11CH3])CCO. The second kappa shape index (κ2) is 3.12. The highest BCUT2D eigenvalue weighted by Crippen LogP contribution is 1.66. The molecule has 0 aliphatic heterocycles. The lowest BCUT2D eigenvalue weighted by Crippen LogP contribution is -2.15. The van der Waals surface area contributed by atoms with Gasteiger partial charge in [0.15, 0.2) is 0 Å². The molecule has 38 valence electrons. The molecule has 1 N–H and O–H groups in total. The Morgan fingerprint density at radius 1 is 1.50 bits per heavy atom. The fraction of sp³-hybridized carbons (Fsp3) is 1.00. The van der Waals surface area contributed by atoms with Crippen LogP contribution in [-0.2, 0) is 0 Å². The van der Waals surface area contributed by atoms with Crippen LogP contribution in [0.1, 0.15) is 0 Å². The second-order valence-electron chi connectivity index (χ2n) is 1.53. The maximum Gasteiger partial charge on any atom is 0.0558 e. The van der Waals surface area contributed by atoms with Crippen LogP contribution in [0.3, 0.4) is 0 Å². The molecule has 0 aromatic carbocycles. The number of nitrogens with zero attached hydrogens (tertiary/aromatic N) is 1. The molecule has 0 spiro atoms. The Balaban J connectivity index is 2.63. The lowest BCUT2D eigenvalue weighted by Gasteiger charge is -2.03. The maximum absolute atomic E-state index is 8.20. The van der Waals surface area contributed by atoms with Crippen molar-refractivity contribution >= 4 is 0 Å². The Bertz CT molecular complexity index is 28.7. The van der Waals surface area contributed by atoms with Crippen molar-refractivity contribution in [2.75, 3.05) is 27.2 Å². The van der Waals surface area contributed by atoms with Gasteiger partial charge in [0.1, 0.15) is 0 Å². The van der Waals surface area contributed by atoms with Crippen LogP contribution in [-0.4, -0.2) is 37.3 Å². The first-order valence-corrected chi connectivity index (χ1v) is 2.03. The molecule has 0 saturated heterocycles. The van der Waals surface area contributed by atoms with Gasteiger partial charge >= 0.3 is 0 Å². The summed E-state index contributed by atoms with van der Waals surface area (Å²) in [5, 5.41) is 8.20. The van der Waals surface area contributed by atoms with Crippen LogP contribution in [0.2, 0.25) is 0 Å². The minimum atomic E-state index is 0.257. The van der Waals surface area contributed by atoms with E-state index in [1.54, 1.807) is 0 Å². The number of hydrogen-bond donors (Lipinski definition) is 1. The molecule has 0 heterocycles. The van der Waals surface area contributed by atoms with Crippen molar-refractivity contribution in [3.8, 4) is 0 Å². The van der Waals surface area contributed by atoms with Gasteiger partial charge in [-0.05, 0) is 14.1 Å². The lowest BCUT2D eigenvalue weighted by atomic mass is 10.4. The van der Waals surface area contributed by atoms with Crippen molar-refractivity contribution in [1.82, 2.24) is 4.90 Å². The van der Waals surface area contributed by atoms with Gasteiger partial charge in [0.25, 0.3) is 0 Å². The molecular weight excluding hydrogens is 77.1 g/mol. The molecule has 0 aliphatic carbocycles. The minimum Gasteiger partial charge on any atom is -0.395 e. The molecular formula is C4H11NO. The van der Waals surface area contributed by atoms with Crippen molar-refractivity contribution in [3.05, 3.63) is 0 Å². The summed E-state index contributed by atoms with van der Waals surface area (Å²) in [5.74, 6) is 0. The molecule has 0 saturated carbocycles. The third-order valence-corrected chi connectivity index (χ3v) is 0.547. The fourth-order valence-corrected chi connectivity index (χ4v) is 0.200. The van der Waals surface area contributed by atoms with Gasteiger partial charge in [-0.3, -0.25) is 0 Å². The van der Waals surface area contributed by atoms with Gasteiger partial charge in [-0.1, -0.05) is 0 Å². The quantitative estimate of drug-likeness (QED) is 0.493. The van der Waals surface area contributed by atoms with Gasteiger partial charge in [0.05, 0.1) is 6.61 Å². The Morgan fingerprint density at radius 2 is 2.00 bits per heavy atom. The van der Waals surface area contributed by atoms with Crippen LogP contribution in [0.4, 0.5) is 0 Å². The molecule has 0 bridgehead atoms. The molecule has 2 heteroatoms. The highest BCUT2D eigenvalue weighted by atomic mass is 16.3. The van der Waals surface area contributed by atoms with Crippen LogP contribution in [0.25, 0.3) is 0 Å². The summed E-state index contributed by atoms with van der Waals surface area (Å²) in [7, 11) is 3.85. The predicted octanol–water partition coefficient (Wildman–Crippen LogP) is -0.460. The van der Waals surface area contributed by atoms with Gasteiger partial charge in [-0.15, -0.1) is 0 Å². The van der Waals surface area contributed by atoms with Gasteiger partial charge in [0, 0.05) is 6.54 Å². The number of aliphatic hydroxyl groups is 1. The first-order chi connectivity index (χ1) is 2.77. The van der Waals surface area contributed by atoms with Crippen LogP contribution in [0, 0.1) is 0 Å². The largest absolute Gasteiger partial charge is 0.395 e. The van der Waals surface area contributed by atoms with Crippen LogP contribution in [0.15, 0.2) is 0 Å². The van der Waals surface area contributed by atoms with Gasteiger partial charge < -0.3 is 10.0 Å². The average Bonchev–Trinajstić information content (AvgIpc) is 1.35. The van der Waals surface area contributed by atoms with Crippen molar-refractivity contribution in [2.24, 2.45) is 0 Å². The van der Waals surface area contributed by atoms with Crippen molar-refractivity contribution < 1.29 is 5.11 Å². The van der Waals surface area contributed by atoms with E-state index in [4.69, 9.17) is 5.11 Å². The molecule has 0 aromatic rings. The highest BCUT2D eigenvalue weighted by Gasteiger charge is 1.80. The van der Waals surface area contributed by atoms with E-state index in [1.165, 1.54) is 0 Å². The van der Waals surface area contributed by atoms with Crippen LogP contribution < -0.4 is 0 Å². The monoisotopic (exact) mass is 88.1 g/mol. The molecule has 0 atom stereocenters. The van der Waals surface area contributed by atoms with Crippen LogP contribution >= 0.6 is 0 Å². The summed E-state index contributed by atoms with van der Waals surface area (Å²) < 4.78 is 0. The van der Waals surface area contributed by atoms with Crippen molar-refractivity contribution in [3.63, 3.8) is 0 Å². The van der Waals surface area contributed by atoms with E-state index >= 15 is 0 Å². The summed E-state index contributed by atoms with van der Waals surface area (Å²) >= 11 is 0. The van der Waals surface area contributed by atoms with Crippen molar-refractivity contribution in [2.45, 2.75) is 0 Å². The summed E-state index contributed by atoms with van der Waals surface area (Å²) in [5.41, 5.74) is 0. The molecule has 0 aliphatic rings. The molecule has 0 fully saturated rings. The molecule has 0 radical (unpaired) electrons. The molecule has 6 heavy (non-hydrogen) atoms. The number of likely N-dealkylation sites (N-methyl/N-ethyl adjacent to an activating group) is 1. The summed E-state index contributed by atoms with van der Waals surface area (Å²) in [6.07, 6.45) is 0. The minimum absolute atomic E-state index is 0.257. The Kier molecular flexibility index (Phi) is 3.08. The molecule has 0 aromatic heterocycles. The third kappa shape index (κ3) is 3.92. The number of hydrogen-bond acceptors (Lipinski definition) is 2. The third-order valence-electron chi connectivity index (χ3n) is 0.547. The zero-order valence-corrected chi connectivity index (χ0v) is 4.31. The average molecular weight is 88.1 g/mol. The Hall–Kier alpha value is -0.0800. The van der Waals surface area contributed by atoms with Gasteiger partial charge in [0.2, 0.25) is 0 Å². The molecule has 0 rings (SSSR count). The number of rotatable bonds is 2. The second-order valence-corrected chi connectivity index (χ2v) is 1.53. The lowest BCUT2D eigenvalue weighted by molar-refractivity contribution is 0.243. The standard InChI is InChI=1S/C4H11NO/c1-5(2)3-4-6/h6H,3-4H2,1-2H3/i1-1. The first-order valence-electron chi connectivity index (χ1n) is 2.03. The highest BCUT2D eigenvalue weighted by molar-refractivity contribution is 4.34. The maximum atomic E-state index is 8.20. The normalized spacial score (nSPS) is 10.0. The van der Waals surface area contributed by atoms with E-state index in [1.807, 2.05) is 19.0 Å². The zero-order valence-electron chi connectivity index (χ0n) is 4.31. The Labute approximate surface area is 38.4 Å². The van der Waals surface area contributed by atoms with E-state index < -0.39 is 0 Å². The van der Waals surface area contributed by atoms with Gasteiger partial charge in [-0.2, -0.15) is 0 Å². The molecule has 0 amide bonds. The summed E-state index contributed by atoms with van der Waals surface area (Å²) in [6, 6.07) is 0. The predicted molar refractivity (Wildman–Crippen MR) is 25.6 cm³/mol. The van der Waals surface area contributed by atoms with E-state index in [9.17, 15) is 0 Å². The zero-order chi connectivity index (χ0) is 4.99. The topological polar surface area (TPSA) is 23.5 Å². The summed E-state index contributed by atoms with van der Waals surface area (Å²) in [6.45, 7) is 1.02. The molecule has 0 unspecified atom stereocenters. The smallest absolute Gasteiger partial charge is 0.0558 e. The van der Waals surface area contributed by atoms with E-state index in [0.29, 0.717) is 0 Å². The molecule has 2 nitrogen and oxygen atoms in total. The van der Waals surface area contributed by atoms with Gasteiger partial charge in [-0.25, -0.2) is 0 Å². The van der Waals surface area contributed by atoms with E-state index in [-0.39, 0.29) is 6.61 Å². The number of aliphatic hydroxyl groups excluding tert-OH is 1. The van der Waals surface area contributed by atoms with E-state index in [0.717, 1.165) is 6.54 Å². The van der Waals surface area contributed by atoms with E-state index in [2.05, 4.69) is 0 Å². The fourth-order valence-electron chi connectivity index (χ4n) is 0.200.